The molecule has 0 spiro atoms. The number of carbonyl (C=O) groups is 2. The van der Waals surface area contributed by atoms with Crippen molar-refractivity contribution >= 4 is 51.1 Å². The van der Waals surface area contributed by atoms with E-state index in [1.165, 1.54) is 21.8 Å². The van der Waals surface area contributed by atoms with Crippen molar-refractivity contribution in [2.75, 3.05) is 36.1 Å². The fraction of sp³-hybridized carbons (Fsp3) is 0.367. The SMILES string of the molecule is N=C(N=C([OH2+])c1cnn(CC(=O)NCC2CC(C3CC(C(=N)NC(=O)c4cnn(C5CCS(=O)(=O)C5)c4)(c4ccc(-c5cnc(N)nc5)cc4)C3)CO2)c1)C1(c2ccc(-c3cnc(N)nc3)cc2)CCC1. The number of benzene rings is 2. The first-order valence-electron chi connectivity index (χ1n) is 23.5. The van der Waals surface area contributed by atoms with E-state index < -0.39 is 26.6 Å². The van der Waals surface area contributed by atoms with E-state index in [4.69, 9.17) is 26.7 Å². The van der Waals surface area contributed by atoms with E-state index >= 15 is 0 Å². The van der Waals surface area contributed by atoms with Crippen molar-refractivity contribution in [2.45, 2.75) is 74.5 Å². The second-order valence-electron chi connectivity index (χ2n) is 19.1. The minimum atomic E-state index is -3.15. The van der Waals surface area contributed by atoms with Crippen molar-refractivity contribution in [2.24, 2.45) is 16.8 Å². The molecule has 10 N–H and O–H groups in total. The Labute approximate surface area is 408 Å². The fourth-order valence-electron chi connectivity index (χ4n) is 10.3. The summed E-state index contributed by atoms with van der Waals surface area (Å²) in [6.07, 6.45) is 17.1. The maximum absolute atomic E-state index is 13.6. The molecule has 3 atom stereocenters. The van der Waals surface area contributed by atoms with Crippen molar-refractivity contribution < 1.29 is 27.9 Å². The second kappa shape index (κ2) is 18.9. The van der Waals surface area contributed by atoms with E-state index in [1.54, 1.807) is 37.2 Å². The van der Waals surface area contributed by atoms with E-state index in [2.05, 4.69) is 45.8 Å². The van der Waals surface area contributed by atoms with E-state index in [0.29, 0.717) is 44.4 Å². The van der Waals surface area contributed by atoms with Crippen molar-refractivity contribution in [3.05, 3.63) is 120 Å². The summed E-state index contributed by atoms with van der Waals surface area (Å²) in [7, 11) is -3.15. The number of aliphatic imine (C=N–C) groups is 1. The molecule has 6 heterocycles. The highest BCUT2D eigenvalue weighted by Crippen LogP contribution is 2.53. The predicted octanol–water partition coefficient (Wildman–Crippen LogP) is 3.36. The third-order valence-electron chi connectivity index (χ3n) is 14.7. The smallest absolute Gasteiger partial charge is 0.369 e. The van der Waals surface area contributed by atoms with Gasteiger partial charge in [-0.1, -0.05) is 55.0 Å². The summed E-state index contributed by atoms with van der Waals surface area (Å²) in [4.78, 5) is 47.5. The maximum atomic E-state index is 13.6. The lowest BCUT2D eigenvalue weighted by Gasteiger charge is -2.50. The second-order valence-corrected chi connectivity index (χ2v) is 21.3. The fourth-order valence-corrected chi connectivity index (χ4v) is 12.0. The lowest BCUT2D eigenvalue weighted by atomic mass is 9.54. The Morgan fingerprint density at radius 3 is 1.99 bits per heavy atom. The minimum Gasteiger partial charge on any atom is -0.578 e. The number of nitrogens with two attached hydrogens (primary N) is 2. The van der Waals surface area contributed by atoms with Gasteiger partial charge in [-0.25, -0.2) is 28.4 Å². The van der Waals surface area contributed by atoms with E-state index in [-0.39, 0.29) is 83.0 Å². The Hall–Kier alpha value is -7.72. The Kier molecular flexibility index (Phi) is 12.5. The van der Waals surface area contributed by atoms with Crippen LogP contribution in [0.5, 0.6) is 0 Å². The van der Waals surface area contributed by atoms with Crippen LogP contribution in [-0.4, -0.2) is 113 Å². The van der Waals surface area contributed by atoms with E-state index in [9.17, 15) is 23.4 Å². The summed E-state index contributed by atoms with van der Waals surface area (Å²) >= 11 is 0. The standard InChI is InChI=1S/C49H53N15O6S/c50-44(48(11-1-12-48)37-6-2-29(3-7-37)33-17-55-46(52)56-18-33)61-42(66)35-21-59-63(24-35)26-41(65)54-23-40-14-31(27-70-40)32-15-49(16-32,38-8-4-30(5-9-38)34-19-57-47(53)58-20-34)45(51)62-43(67)36-22-60-64(25-36)39-10-13-71(68,69)28-39/h2-9,17-22,24-25,31-32,39-40H,1,10-16,23,26-28H2,(H,54,65)(H2,50,61,66)(H2,51,62,67)(H2,52,55,56)(H2,53,57,58)/p+1. The lowest BCUT2D eigenvalue weighted by Crippen LogP contribution is -2.55. The number of sulfone groups is 1. The Balaban J connectivity index is 0.737. The van der Waals surface area contributed by atoms with Crippen LogP contribution in [0.1, 0.15) is 78.0 Å². The molecule has 366 valence electrons. The van der Waals surface area contributed by atoms with E-state index in [1.807, 2.05) is 48.5 Å². The molecule has 21 nitrogen and oxygen atoms in total. The number of amides is 2. The van der Waals surface area contributed by atoms with Gasteiger partial charge in [0.25, 0.3) is 5.91 Å². The zero-order valence-electron chi connectivity index (χ0n) is 38.7. The van der Waals surface area contributed by atoms with Gasteiger partial charge in [-0.2, -0.15) is 10.2 Å². The number of nitrogen functional groups attached to an aromatic ring is 2. The zero-order valence-corrected chi connectivity index (χ0v) is 39.5. The maximum Gasteiger partial charge on any atom is 0.369 e. The third-order valence-corrected chi connectivity index (χ3v) is 16.4. The highest BCUT2D eigenvalue weighted by Gasteiger charge is 2.53. The molecule has 2 amide bonds. The van der Waals surface area contributed by atoms with Gasteiger partial charge in [0.15, 0.2) is 9.84 Å². The van der Waals surface area contributed by atoms with Crippen molar-refractivity contribution in [3.8, 4) is 22.3 Å². The topological polar surface area (TPSA) is 324 Å². The first-order chi connectivity index (χ1) is 34.1. The average molecular weight is 981 g/mol. The molecule has 2 aliphatic carbocycles. The van der Waals surface area contributed by atoms with Crippen LogP contribution in [-0.2, 0) is 36.7 Å². The van der Waals surface area contributed by atoms with Gasteiger partial charge in [0.1, 0.15) is 23.8 Å². The Bertz CT molecular complexity index is 3130. The summed E-state index contributed by atoms with van der Waals surface area (Å²) in [5.74, 6) is 0.0502. The number of hydrogen-bond acceptors (Lipinski definition) is 15. The van der Waals surface area contributed by atoms with E-state index in [0.717, 1.165) is 52.6 Å². The molecule has 2 aromatic carbocycles. The number of ether oxygens (including phenoxy) is 1. The van der Waals surface area contributed by atoms with Crippen LogP contribution in [0.15, 0.2) is 103 Å². The molecule has 3 unspecified atom stereocenters. The van der Waals surface area contributed by atoms with Gasteiger partial charge in [-0.15, -0.1) is 4.99 Å². The quantitative estimate of drug-likeness (QED) is 0.0519. The first kappa shape index (κ1) is 47.0. The Morgan fingerprint density at radius 1 is 0.803 bits per heavy atom. The van der Waals surface area contributed by atoms with Gasteiger partial charge < -0.3 is 31.9 Å². The van der Waals surface area contributed by atoms with Gasteiger partial charge in [-0.05, 0) is 72.6 Å². The van der Waals surface area contributed by atoms with Crippen molar-refractivity contribution in [1.29, 1.82) is 10.8 Å². The largest absolute Gasteiger partial charge is 0.578 e. The van der Waals surface area contributed by atoms with Crippen LogP contribution >= 0.6 is 0 Å². The zero-order chi connectivity index (χ0) is 49.5. The van der Waals surface area contributed by atoms with Gasteiger partial charge in [0, 0.05) is 54.9 Å². The van der Waals surface area contributed by atoms with Crippen LogP contribution < -0.4 is 22.1 Å². The molecule has 71 heavy (non-hydrogen) atoms. The summed E-state index contributed by atoms with van der Waals surface area (Å²) < 4.78 is 33.3. The van der Waals surface area contributed by atoms with Crippen molar-refractivity contribution in [3.63, 3.8) is 0 Å². The highest BCUT2D eigenvalue weighted by atomic mass is 32.2. The van der Waals surface area contributed by atoms with Gasteiger partial charge >= 0.3 is 5.90 Å². The molecular formula is C49H54N15O6S+. The summed E-state index contributed by atoms with van der Waals surface area (Å²) in [5.41, 5.74) is 15.8. The van der Waals surface area contributed by atoms with Gasteiger partial charge in [-0.3, -0.25) is 29.8 Å². The number of amidine groups is 2. The number of rotatable bonds is 14. The van der Waals surface area contributed by atoms with Crippen LogP contribution in [0, 0.1) is 22.7 Å². The molecule has 4 fully saturated rings. The van der Waals surface area contributed by atoms with Crippen LogP contribution in [0.3, 0.4) is 0 Å². The van der Waals surface area contributed by atoms with Crippen LogP contribution in [0.4, 0.5) is 11.9 Å². The molecule has 2 aliphatic heterocycles. The molecular weight excluding hydrogens is 927 g/mol. The molecule has 6 aromatic rings. The minimum absolute atomic E-state index is 0.0261. The summed E-state index contributed by atoms with van der Waals surface area (Å²) in [5, 5.41) is 41.5. The first-order valence-corrected chi connectivity index (χ1v) is 25.3. The molecule has 2 saturated carbocycles. The predicted molar refractivity (Wildman–Crippen MR) is 264 cm³/mol. The number of nitrogens with zero attached hydrogens (tertiary/aromatic N) is 9. The van der Waals surface area contributed by atoms with Crippen LogP contribution in [0.25, 0.3) is 22.3 Å². The summed E-state index contributed by atoms with van der Waals surface area (Å²) in [6.45, 7) is 0.702. The molecule has 4 aromatic heterocycles. The normalized spacial score (nSPS) is 23.3. The summed E-state index contributed by atoms with van der Waals surface area (Å²) in [6, 6.07) is 15.4. The molecule has 0 radical (unpaired) electrons. The number of hydrogen-bond donors (Lipinski definition) is 6. The Morgan fingerprint density at radius 2 is 1.41 bits per heavy atom. The van der Waals surface area contributed by atoms with Gasteiger partial charge in [0.2, 0.25) is 17.8 Å². The van der Waals surface area contributed by atoms with Gasteiger partial charge in [0.05, 0.1) is 59.0 Å². The molecule has 22 heteroatoms. The highest BCUT2D eigenvalue weighted by molar-refractivity contribution is 7.91. The lowest BCUT2D eigenvalue weighted by molar-refractivity contribution is -0.122. The van der Waals surface area contributed by atoms with Crippen LogP contribution in [0.2, 0.25) is 0 Å². The number of carbonyl (C=O) groups excluding carboxylic acids is 2. The molecule has 2 saturated heterocycles. The molecule has 0 bridgehead atoms. The molecule has 4 aliphatic rings. The number of anilines is 2. The number of aromatic nitrogens is 8. The third kappa shape index (κ3) is 9.63. The van der Waals surface area contributed by atoms with Crippen molar-refractivity contribution in [1.82, 2.24) is 50.1 Å². The molecule has 10 rings (SSSR count). The average Bonchev–Trinajstić information content (AvgIpc) is 4.17. The monoisotopic (exact) mass is 980 g/mol. The number of nitrogens with one attached hydrogen (secondary N) is 4.